The number of carbonyl (C=O) groups is 1. The van der Waals surface area contributed by atoms with Crippen LogP contribution < -0.4 is 5.32 Å². The third-order valence-electron chi connectivity index (χ3n) is 3.16. The number of piperazine rings is 1. The second-order valence-corrected chi connectivity index (χ2v) is 4.47. The molecule has 0 aromatic heterocycles. The van der Waals surface area contributed by atoms with Gasteiger partial charge in [0.1, 0.15) is 5.82 Å². The van der Waals surface area contributed by atoms with E-state index in [9.17, 15) is 19.3 Å². The summed E-state index contributed by atoms with van der Waals surface area (Å²) in [5, 5.41) is 13.7. The zero-order valence-electron chi connectivity index (χ0n) is 10.4. The first-order valence-corrected chi connectivity index (χ1v) is 5.96. The van der Waals surface area contributed by atoms with E-state index < -0.39 is 16.6 Å². The monoisotopic (exact) mass is 267 g/mol. The number of amides is 1. The van der Waals surface area contributed by atoms with E-state index in [1.165, 1.54) is 6.07 Å². The molecule has 0 saturated carbocycles. The van der Waals surface area contributed by atoms with Gasteiger partial charge >= 0.3 is 0 Å². The number of carbonyl (C=O) groups excluding carboxylic acids is 1. The fourth-order valence-corrected chi connectivity index (χ4v) is 2.09. The molecular formula is C12H14FN3O3. The average molecular weight is 267 g/mol. The predicted octanol–water partition coefficient (Wildman–Crippen LogP) is 1.17. The van der Waals surface area contributed by atoms with Gasteiger partial charge in [-0.15, -0.1) is 0 Å². The van der Waals surface area contributed by atoms with Crippen LogP contribution in [-0.4, -0.2) is 41.4 Å². The predicted molar refractivity (Wildman–Crippen MR) is 66.4 cm³/mol. The number of halogens is 1. The van der Waals surface area contributed by atoms with Crippen LogP contribution in [0, 0.1) is 15.9 Å². The van der Waals surface area contributed by atoms with E-state index in [0.29, 0.717) is 19.6 Å². The number of nitrogens with one attached hydrogen (secondary N) is 1. The molecule has 1 N–H and O–H groups in total. The van der Waals surface area contributed by atoms with E-state index >= 15 is 0 Å². The van der Waals surface area contributed by atoms with Crippen LogP contribution in [0.25, 0.3) is 0 Å². The Hall–Kier alpha value is -2.02. The highest BCUT2D eigenvalue weighted by Gasteiger charge is 2.26. The van der Waals surface area contributed by atoms with Crippen LogP contribution in [0.15, 0.2) is 18.2 Å². The van der Waals surface area contributed by atoms with Gasteiger partial charge in [0.15, 0.2) is 0 Å². The summed E-state index contributed by atoms with van der Waals surface area (Å²) in [5.74, 6) is -1.29. The normalized spacial score (nSPS) is 19.3. The fraction of sp³-hybridized carbons (Fsp3) is 0.417. The minimum absolute atomic E-state index is 0.0316. The van der Waals surface area contributed by atoms with Crippen molar-refractivity contribution in [1.82, 2.24) is 10.2 Å². The number of benzene rings is 1. The molecule has 102 valence electrons. The summed E-state index contributed by atoms with van der Waals surface area (Å²) in [4.78, 5) is 23.6. The second-order valence-electron chi connectivity index (χ2n) is 4.47. The lowest BCUT2D eigenvalue weighted by Gasteiger charge is -2.34. The van der Waals surface area contributed by atoms with Crippen molar-refractivity contribution in [2.45, 2.75) is 13.0 Å². The van der Waals surface area contributed by atoms with Gasteiger partial charge in [-0.25, -0.2) is 4.39 Å². The van der Waals surface area contributed by atoms with Crippen LogP contribution in [0.5, 0.6) is 0 Å². The van der Waals surface area contributed by atoms with Crippen molar-refractivity contribution in [3.05, 3.63) is 39.7 Å². The highest BCUT2D eigenvalue weighted by atomic mass is 19.1. The first-order valence-electron chi connectivity index (χ1n) is 5.96. The van der Waals surface area contributed by atoms with Crippen LogP contribution in [0.3, 0.4) is 0 Å². The molecular weight excluding hydrogens is 253 g/mol. The molecule has 0 spiro atoms. The van der Waals surface area contributed by atoms with Crippen LogP contribution in [0.1, 0.15) is 17.3 Å². The van der Waals surface area contributed by atoms with Gasteiger partial charge < -0.3 is 10.2 Å². The maximum atomic E-state index is 13.8. The summed E-state index contributed by atoms with van der Waals surface area (Å²) in [6.07, 6.45) is 0. The summed E-state index contributed by atoms with van der Waals surface area (Å²) >= 11 is 0. The van der Waals surface area contributed by atoms with Gasteiger partial charge in [0.2, 0.25) is 0 Å². The van der Waals surface area contributed by atoms with Crippen LogP contribution in [0.4, 0.5) is 10.1 Å². The van der Waals surface area contributed by atoms with E-state index in [2.05, 4.69) is 5.32 Å². The number of hydrogen-bond acceptors (Lipinski definition) is 4. The van der Waals surface area contributed by atoms with Crippen LogP contribution >= 0.6 is 0 Å². The van der Waals surface area contributed by atoms with Crippen molar-refractivity contribution in [1.29, 1.82) is 0 Å². The molecule has 0 unspecified atom stereocenters. The first-order chi connectivity index (χ1) is 9.00. The average Bonchev–Trinajstić information content (AvgIpc) is 2.38. The number of hydrogen-bond donors (Lipinski definition) is 1. The summed E-state index contributed by atoms with van der Waals surface area (Å²) in [6, 6.07) is 3.06. The number of nitrogens with zero attached hydrogens (tertiary/aromatic N) is 2. The third-order valence-corrected chi connectivity index (χ3v) is 3.16. The number of nitro groups is 1. The van der Waals surface area contributed by atoms with Crippen molar-refractivity contribution in [2.24, 2.45) is 0 Å². The minimum atomic E-state index is -0.857. The highest BCUT2D eigenvalue weighted by molar-refractivity contribution is 5.95. The number of nitro benzene ring substituents is 1. The topological polar surface area (TPSA) is 75.5 Å². The Kier molecular flexibility index (Phi) is 3.75. The fourth-order valence-electron chi connectivity index (χ4n) is 2.09. The lowest BCUT2D eigenvalue weighted by molar-refractivity contribution is -0.385. The van der Waals surface area contributed by atoms with Crippen LogP contribution in [-0.2, 0) is 0 Å². The molecule has 0 radical (unpaired) electrons. The van der Waals surface area contributed by atoms with Crippen molar-refractivity contribution < 1.29 is 14.1 Å². The molecule has 1 fully saturated rings. The Morgan fingerprint density at radius 1 is 1.58 bits per heavy atom. The molecule has 0 bridgehead atoms. The van der Waals surface area contributed by atoms with E-state index in [0.717, 1.165) is 12.1 Å². The molecule has 1 aliphatic heterocycles. The molecule has 1 aromatic carbocycles. The molecule has 1 saturated heterocycles. The molecule has 1 amide bonds. The number of non-ortho nitro benzene ring substituents is 1. The quantitative estimate of drug-likeness (QED) is 0.644. The first kappa shape index (κ1) is 13.4. The van der Waals surface area contributed by atoms with Gasteiger partial charge in [-0.05, 0) is 13.0 Å². The van der Waals surface area contributed by atoms with Gasteiger partial charge in [-0.2, -0.15) is 0 Å². The molecule has 0 aliphatic carbocycles. The SMILES string of the molecule is C[C@H]1CNCCN1C(=O)c1ccc([N+](=O)[O-])cc1F. The summed E-state index contributed by atoms with van der Waals surface area (Å²) < 4.78 is 13.8. The maximum Gasteiger partial charge on any atom is 0.272 e. The van der Waals surface area contributed by atoms with E-state index in [4.69, 9.17) is 0 Å². The minimum Gasteiger partial charge on any atom is -0.333 e. The molecule has 1 atom stereocenters. The van der Waals surface area contributed by atoms with Gasteiger partial charge in [-0.3, -0.25) is 14.9 Å². The molecule has 1 aliphatic rings. The Labute approximate surface area is 109 Å². The van der Waals surface area contributed by atoms with Crippen molar-refractivity contribution in [2.75, 3.05) is 19.6 Å². The Bertz CT molecular complexity index is 521. The van der Waals surface area contributed by atoms with Crippen molar-refractivity contribution in [3.8, 4) is 0 Å². The van der Waals surface area contributed by atoms with Gasteiger partial charge in [0.05, 0.1) is 16.6 Å². The van der Waals surface area contributed by atoms with E-state index in [-0.39, 0.29) is 17.3 Å². The van der Waals surface area contributed by atoms with Crippen LogP contribution in [0.2, 0.25) is 0 Å². The Morgan fingerprint density at radius 2 is 2.32 bits per heavy atom. The zero-order chi connectivity index (χ0) is 14.0. The molecule has 19 heavy (non-hydrogen) atoms. The van der Waals surface area contributed by atoms with Gasteiger partial charge in [-0.1, -0.05) is 0 Å². The molecule has 1 aromatic rings. The standard InChI is InChI=1S/C12H14FN3O3/c1-8-7-14-4-5-15(8)12(17)10-3-2-9(16(18)19)6-11(10)13/h2-3,6,8,14H,4-5,7H2,1H3/t8-/m0/s1. The van der Waals surface area contributed by atoms with Gasteiger partial charge in [0, 0.05) is 31.7 Å². The van der Waals surface area contributed by atoms with E-state index in [1.807, 2.05) is 6.92 Å². The highest BCUT2D eigenvalue weighted by Crippen LogP contribution is 2.19. The molecule has 1 heterocycles. The maximum absolute atomic E-state index is 13.8. The zero-order valence-corrected chi connectivity index (χ0v) is 10.4. The largest absolute Gasteiger partial charge is 0.333 e. The summed E-state index contributed by atoms with van der Waals surface area (Å²) in [5.41, 5.74) is -0.484. The summed E-state index contributed by atoms with van der Waals surface area (Å²) in [7, 11) is 0. The second kappa shape index (κ2) is 5.31. The van der Waals surface area contributed by atoms with Crippen molar-refractivity contribution >= 4 is 11.6 Å². The molecule has 6 nitrogen and oxygen atoms in total. The lowest BCUT2D eigenvalue weighted by Crippen LogP contribution is -2.52. The lowest BCUT2D eigenvalue weighted by atomic mass is 10.1. The third kappa shape index (κ3) is 2.70. The Morgan fingerprint density at radius 3 is 2.89 bits per heavy atom. The van der Waals surface area contributed by atoms with Crippen molar-refractivity contribution in [3.63, 3.8) is 0 Å². The number of rotatable bonds is 2. The molecule has 2 rings (SSSR count). The smallest absolute Gasteiger partial charge is 0.272 e. The van der Waals surface area contributed by atoms with Gasteiger partial charge in [0.25, 0.3) is 11.6 Å². The molecule has 7 heteroatoms. The Balaban J connectivity index is 2.26. The van der Waals surface area contributed by atoms with E-state index in [1.54, 1.807) is 4.90 Å². The summed E-state index contributed by atoms with van der Waals surface area (Å²) in [6.45, 7) is 3.68.